The van der Waals surface area contributed by atoms with Crippen molar-refractivity contribution in [2.75, 3.05) is 19.8 Å². The van der Waals surface area contributed by atoms with Gasteiger partial charge in [-0.05, 0) is 19.8 Å². The number of carbonyl (C=O) groups excluding carboxylic acids is 1. The summed E-state index contributed by atoms with van der Waals surface area (Å²) >= 11 is 0. The van der Waals surface area contributed by atoms with Crippen LogP contribution >= 0.6 is 0 Å². The molecule has 0 fully saturated rings. The Hall–Kier alpha value is -0.820. The van der Waals surface area contributed by atoms with Gasteiger partial charge in [-0.1, -0.05) is 13.3 Å². The molecule has 2 unspecified atom stereocenters. The molecule has 0 aliphatic carbocycles. The molecule has 0 saturated carbocycles. The lowest BCUT2D eigenvalue weighted by Crippen LogP contribution is -2.33. The molecular formula is C12H23F3N2O2. The van der Waals surface area contributed by atoms with Crippen molar-refractivity contribution in [3.63, 3.8) is 0 Å². The molecule has 19 heavy (non-hydrogen) atoms. The van der Waals surface area contributed by atoms with Crippen LogP contribution in [0, 0.1) is 5.92 Å². The van der Waals surface area contributed by atoms with Gasteiger partial charge in [0.25, 0.3) is 0 Å². The number of hydrogen-bond donors (Lipinski definition) is 2. The molecule has 114 valence electrons. The van der Waals surface area contributed by atoms with Gasteiger partial charge in [-0.3, -0.25) is 4.79 Å². The molecule has 7 heteroatoms. The van der Waals surface area contributed by atoms with E-state index in [4.69, 9.17) is 5.73 Å². The van der Waals surface area contributed by atoms with Gasteiger partial charge < -0.3 is 15.8 Å². The third-order valence-electron chi connectivity index (χ3n) is 2.56. The van der Waals surface area contributed by atoms with Crippen LogP contribution in [0.25, 0.3) is 0 Å². The second kappa shape index (κ2) is 9.14. The van der Waals surface area contributed by atoms with Crippen LogP contribution in [0.5, 0.6) is 0 Å². The second-order valence-corrected chi connectivity index (χ2v) is 4.77. The Balaban J connectivity index is 3.57. The van der Waals surface area contributed by atoms with Gasteiger partial charge in [-0.25, -0.2) is 0 Å². The predicted molar refractivity (Wildman–Crippen MR) is 66.5 cm³/mol. The maximum Gasteiger partial charge on any atom is 0.411 e. The first-order valence-corrected chi connectivity index (χ1v) is 6.40. The van der Waals surface area contributed by atoms with Crippen LogP contribution in [0.15, 0.2) is 0 Å². The predicted octanol–water partition coefficient (Wildman–Crippen LogP) is 1.84. The summed E-state index contributed by atoms with van der Waals surface area (Å²) in [6, 6.07) is 0.117. The lowest BCUT2D eigenvalue weighted by molar-refractivity contribution is -0.173. The summed E-state index contributed by atoms with van der Waals surface area (Å²) in [6.45, 7) is 2.35. The Bertz CT molecular complexity index is 258. The van der Waals surface area contributed by atoms with Gasteiger partial charge in [0.05, 0.1) is 6.61 Å². The summed E-state index contributed by atoms with van der Waals surface area (Å²) in [5.74, 6) is -0.332. The highest BCUT2D eigenvalue weighted by atomic mass is 19.4. The maximum absolute atomic E-state index is 11.8. The zero-order valence-electron chi connectivity index (χ0n) is 11.4. The van der Waals surface area contributed by atoms with Gasteiger partial charge in [0, 0.05) is 18.5 Å². The van der Waals surface area contributed by atoms with E-state index in [2.05, 4.69) is 10.1 Å². The van der Waals surface area contributed by atoms with E-state index in [1.807, 2.05) is 6.92 Å². The van der Waals surface area contributed by atoms with Crippen LogP contribution in [0.3, 0.4) is 0 Å². The summed E-state index contributed by atoms with van der Waals surface area (Å²) in [4.78, 5) is 11.6. The SMILES string of the molecule is CC(N)CCCC(C)C(=O)NCCOCC(F)(F)F. The van der Waals surface area contributed by atoms with E-state index in [1.165, 1.54) is 0 Å². The van der Waals surface area contributed by atoms with Crippen molar-refractivity contribution in [3.05, 3.63) is 0 Å². The number of hydrogen-bond acceptors (Lipinski definition) is 3. The van der Waals surface area contributed by atoms with Crippen molar-refractivity contribution in [1.29, 1.82) is 0 Å². The molecule has 0 aromatic rings. The van der Waals surface area contributed by atoms with E-state index >= 15 is 0 Å². The Kier molecular flexibility index (Phi) is 8.75. The van der Waals surface area contributed by atoms with Crippen molar-refractivity contribution in [1.82, 2.24) is 5.32 Å². The molecule has 0 aromatic heterocycles. The molecule has 0 heterocycles. The number of carbonyl (C=O) groups is 1. The number of amides is 1. The van der Waals surface area contributed by atoms with Crippen molar-refractivity contribution >= 4 is 5.91 Å². The van der Waals surface area contributed by atoms with Crippen molar-refractivity contribution < 1.29 is 22.7 Å². The van der Waals surface area contributed by atoms with Gasteiger partial charge in [0.2, 0.25) is 5.91 Å². The van der Waals surface area contributed by atoms with Crippen molar-refractivity contribution in [3.8, 4) is 0 Å². The van der Waals surface area contributed by atoms with E-state index in [-0.39, 0.29) is 31.0 Å². The Morgan fingerprint density at radius 3 is 2.47 bits per heavy atom. The van der Waals surface area contributed by atoms with E-state index < -0.39 is 12.8 Å². The minimum Gasteiger partial charge on any atom is -0.370 e. The van der Waals surface area contributed by atoms with E-state index in [9.17, 15) is 18.0 Å². The molecule has 0 aromatic carbocycles. The lowest BCUT2D eigenvalue weighted by atomic mass is 10.0. The molecule has 3 N–H and O–H groups in total. The smallest absolute Gasteiger partial charge is 0.370 e. The van der Waals surface area contributed by atoms with Crippen LogP contribution in [0.2, 0.25) is 0 Å². The largest absolute Gasteiger partial charge is 0.411 e. The molecule has 4 nitrogen and oxygen atoms in total. The normalized spacial score (nSPS) is 15.1. The molecule has 2 atom stereocenters. The summed E-state index contributed by atoms with van der Waals surface area (Å²) < 4.78 is 39.6. The first kappa shape index (κ1) is 18.2. The van der Waals surface area contributed by atoms with Gasteiger partial charge >= 0.3 is 6.18 Å². The van der Waals surface area contributed by atoms with Gasteiger partial charge in [0.15, 0.2) is 0 Å². The third kappa shape index (κ3) is 12.0. The number of alkyl halides is 3. The molecule has 0 aliphatic heterocycles. The van der Waals surface area contributed by atoms with Gasteiger partial charge in [0.1, 0.15) is 6.61 Å². The monoisotopic (exact) mass is 284 g/mol. The fraction of sp³-hybridized carbons (Fsp3) is 0.917. The minimum absolute atomic E-state index is 0.0898. The van der Waals surface area contributed by atoms with Crippen LogP contribution in [-0.2, 0) is 9.53 Å². The molecular weight excluding hydrogens is 261 g/mol. The van der Waals surface area contributed by atoms with Crippen LogP contribution in [-0.4, -0.2) is 37.9 Å². The fourth-order valence-corrected chi connectivity index (χ4v) is 1.49. The fourth-order valence-electron chi connectivity index (χ4n) is 1.49. The molecule has 0 spiro atoms. The van der Waals surface area contributed by atoms with Crippen LogP contribution in [0.1, 0.15) is 33.1 Å². The Morgan fingerprint density at radius 1 is 1.32 bits per heavy atom. The van der Waals surface area contributed by atoms with E-state index in [0.29, 0.717) is 0 Å². The zero-order chi connectivity index (χ0) is 14.9. The number of halogens is 3. The summed E-state index contributed by atoms with van der Waals surface area (Å²) in [5.41, 5.74) is 5.59. The average molecular weight is 284 g/mol. The highest BCUT2D eigenvalue weighted by Crippen LogP contribution is 2.14. The standard InChI is InChI=1S/C12H23F3N2O2/c1-9(4-3-5-10(2)16)11(18)17-6-7-19-8-12(13,14)15/h9-10H,3-8,16H2,1-2H3,(H,17,18). The quantitative estimate of drug-likeness (QED) is 0.635. The van der Waals surface area contributed by atoms with Crippen LogP contribution < -0.4 is 11.1 Å². The molecule has 0 bridgehead atoms. The number of nitrogens with two attached hydrogens (primary N) is 1. The topological polar surface area (TPSA) is 64.4 Å². The first-order chi connectivity index (χ1) is 8.72. The van der Waals surface area contributed by atoms with Crippen LogP contribution in [0.4, 0.5) is 13.2 Å². The van der Waals surface area contributed by atoms with E-state index in [0.717, 1.165) is 19.3 Å². The molecule has 1 amide bonds. The highest BCUT2D eigenvalue weighted by molar-refractivity contribution is 5.78. The maximum atomic E-state index is 11.8. The van der Waals surface area contributed by atoms with E-state index in [1.54, 1.807) is 6.92 Å². The van der Waals surface area contributed by atoms with Crippen molar-refractivity contribution in [2.24, 2.45) is 11.7 Å². The number of rotatable bonds is 9. The second-order valence-electron chi connectivity index (χ2n) is 4.77. The Labute approximate surface area is 111 Å². The summed E-state index contributed by atoms with van der Waals surface area (Å²) in [5, 5.41) is 2.54. The Morgan fingerprint density at radius 2 is 1.95 bits per heavy atom. The third-order valence-corrected chi connectivity index (χ3v) is 2.56. The number of ether oxygens (including phenoxy) is 1. The molecule has 0 radical (unpaired) electrons. The van der Waals surface area contributed by atoms with Gasteiger partial charge in [-0.2, -0.15) is 13.2 Å². The molecule has 0 saturated heterocycles. The summed E-state index contributed by atoms with van der Waals surface area (Å²) in [6.07, 6.45) is -1.89. The van der Waals surface area contributed by atoms with Crippen molar-refractivity contribution in [2.45, 2.75) is 45.3 Å². The lowest BCUT2D eigenvalue weighted by Gasteiger charge is -2.13. The minimum atomic E-state index is -4.32. The first-order valence-electron chi connectivity index (χ1n) is 6.40. The highest BCUT2D eigenvalue weighted by Gasteiger charge is 2.27. The molecule has 0 rings (SSSR count). The average Bonchev–Trinajstić information content (AvgIpc) is 2.26. The summed E-state index contributed by atoms with van der Waals surface area (Å²) in [7, 11) is 0. The zero-order valence-corrected chi connectivity index (χ0v) is 11.4. The number of nitrogens with one attached hydrogen (secondary N) is 1. The van der Waals surface area contributed by atoms with Gasteiger partial charge in [-0.15, -0.1) is 0 Å². The molecule has 0 aliphatic rings.